The molecule has 6 heteroatoms. The molecule has 0 fully saturated rings. The first-order valence-corrected chi connectivity index (χ1v) is 9.07. The fraction of sp³-hybridized carbons (Fsp3) is 0.316. The Bertz CT molecular complexity index is 687. The Morgan fingerprint density at radius 3 is 2.28 bits per heavy atom. The first-order valence-electron chi connectivity index (χ1n) is 8.32. The van der Waals surface area contributed by atoms with Gasteiger partial charge in [-0.15, -0.1) is 0 Å². The Morgan fingerprint density at radius 2 is 1.72 bits per heavy atom. The highest BCUT2D eigenvalue weighted by atomic mass is 35.5. The standard InChI is InChI=1S/C19H23Cl2N3O/c1-13(19(25)23-17-10-15(20)9-16(21)11-17)22-12-18(24(2)3)14-7-5-4-6-8-14/h4-11,13,18,22H,12H2,1-3H3,(H,23,25)/p+2/t13-,18-/m0/s1. The van der Waals surface area contributed by atoms with Crippen molar-refractivity contribution in [3.8, 4) is 0 Å². The average Bonchev–Trinajstić information content (AvgIpc) is 2.54. The molecule has 1 amide bonds. The lowest BCUT2D eigenvalue weighted by Crippen LogP contribution is -3.10. The van der Waals surface area contributed by atoms with Crippen molar-refractivity contribution in [3.63, 3.8) is 0 Å². The van der Waals surface area contributed by atoms with Crippen molar-refractivity contribution in [3.05, 3.63) is 64.1 Å². The van der Waals surface area contributed by atoms with Gasteiger partial charge in [0, 0.05) is 21.3 Å². The third kappa shape index (κ3) is 6.01. The zero-order valence-electron chi connectivity index (χ0n) is 14.7. The molecule has 134 valence electrons. The summed E-state index contributed by atoms with van der Waals surface area (Å²) in [6, 6.07) is 15.5. The summed E-state index contributed by atoms with van der Waals surface area (Å²) in [6.07, 6.45) is 0. The summed E-state index contributed by atoms with van der Waals surface area (Å²) < 4.78 is 0. The van der Waals surface area contributed by atoms with Crippen LogP contribution in [-0.2, 0) is 4.79 Å². The van der Waals surface area contributed by atoms with Crippen molar-refractivity contribution >= 4 is 34.8 Å². The van der Waals surface area contributed by atoms with E-state index in [-0.39, 0.29) is 11.9 Å². The fourth-order valence-corrected chi connectivity index (χ4v) is 3.25. The second-order valence-electron chi connectivity index (χ2n) is 6.45. The number of benzene rings is 2. The molecule has 4 N–H and O–H groups in total. The van der Waals surface area contributed by atoms with Crippen LogP contribution >= 0.6 is 23.2 Å². The van der Waals surface area contributed by atoms with Gasteiger partial charge in [0.15, 0.2) is 12.1 Å². The summed E-state index contributed by atoms with van der Waals surface area (Å²) in [5.74, 6) is -0.0705. The maximum atomic E-state index is 12.4. The van der Waals surface area contributed by atoms with E-state index < -0.39 is 0 Å². The Morgan fingerprint density at radius 1 is 1.12 bits per heavy atom. The second-order valence-corrected chi connectivity index (χ2v) is 7.32. The van der Waals surface area contributed by atoms with Gasteiger partial charge < -0.3 is 15.5 Å². The van der Waals surface area contributed by atoms with E-state index >= 15 is 0 Å². The van der Waals surface area contributed by atoms with Crippen LogP contribution in [0.5, 0.6) is 0 Å². The van der Waals surface area contributed by atoms with Crippen LogP contribution in [-0.4, -0.2) is 32.6 Å². The molecule has 0 aliphatic carbocycles. The van der Waals surface area contributed by atoms with Crippen molar-refractivity contribution in [2.75, 3.05) is 26.0 Å². The van der Waals surface area contributed by atoms with E-state index in [2.05, 4.69) is 36.9 Å². The van der Waals surface area contributed by atoms with Crippen LogP contribution in [0.4, 0.5) is 5.69 Å². The molecule has 0 radical (unpaired) electrons. The number of likely N-dealkylation sites (N-methyl/N-ethyl adjacent to an activating group) is 1. The molecular weight excluding hydrogens is 357 g/mol. The van der Waals surface area contributed by atoms with Gasteiger partial charge in [0.1, 0.15) is 6.54 Å². The van der Waals surface area contributed by atoms with Crippen molar-refractivity contribution in [2.24, 2.45) is 0 Å². The molecule has 2 aromatic rings. The van der Waals surface area contributed by atoms with E-state index in [0.29, 0.717) is 21.8 Å². The molecule has 0 saturated heterocycles. The Hall–Kier alpha value is -1.59. The maximum absolute atomic E-state index is 12.4. The van der Waals surface area contributed by atoms with Crippen LogP contribution in [0.2, 0.25) is 10.0 Å². The van der Waals surface area contributed by atoms with Gasteiger partial charge in [-0.25, -0.2) is 0 Å². The smallest absolute Gasteiger partial charge is 0.282 e. The highest BCUT2D eigenvalue weighted by Gasteiger charge is 2.23. The van der Waals surface area contributed by atoms with Gasteiger partial charge in [0.25, 0.3) is 5.91 Å². The van der Waals surface area contributed by atoms with Crippen LogP contribution in [0, 0.1) is 0 Å². The molecule has 0 unspecified atom stereocenters. The predicted octanol–water partition coefficient (Wildman–Crippen LogP) is 1.77. The van der Waals surface area contributed by atoms with Crippen molar-refractivity contribution in [1.82, 2.24) is 0 Å². The monoisotopic (exact) mass is 381 g/mol. The molecule has 2 aromatic carbocycles. The predicted molar refractivity (Wildman–Crippen MR) is 103 cm³/mol. The van der Waals surface area contributed by atoms with Gasteiger partial charge in [-0.3, -0.25) is 4.79 Å². The summed E-state index contributed by atoms with van der Waals surface area (Å²) in [6.45, 7) is 2.71. The molecular formula is C19H25Cl2N3O+2. The third-order valence-corrected chi connectivity index (χ3v) is 4.60. The molecule has 4 nitrogen and oxygen atoms in total. The van der Waals surface area contributed by atoms with Gasteiger partial charge in [-0.1, -0.05) is 53.5 Å². The zero-order valence-corrected chi connectivity index (χ0v) is 16.2. The number of hydrogen-bond donors (Lipinski definition) is 3. The maximum Gasteiger partial charge on any atom is 0.282 e. The number of halogens is 2. The fourth-order valence-electron chi connectivity index (χ4n) is 2.72. The summed E-state index contributed by atoms with van der Waals surface area (Å²) in [7, 11) is 4.26. The molecule has 2 rings (SSSR count). The van der Waals surface area contributed by atoms with E-state index in [1.165, 1.54) is 10.5 Å². The summed E-state index contributed by atoms with van der Waals surface area (Å²) in [4.78, 5) is 13.7. The summed E-state index contributed by atoms with van der Waals surface area (Å²) >= 11 is 11.9. The quantitative estimate of drug-likeness (QED) is 0.672. The van der Waals surface area contributed by atoms with Gasteiger partial charge in [0.2, 0.25) is 0 Å². The molecule has 0 heterocycles. The second kappa shape index (κ2) is 9.20. The van der Waals surface area contributed by atoms with Gasteiger partial charge in [-0.2, -0.15) is 0 Å². The van der Waals surface area contributed by atoms with Crippen LogP contribution in [0.15, 0.2) is 48.5 Å². The SMILES string of the molecule is C[C@H]([NH2+]C[C@@H](c1ccccc1)[NH+](C)C)C(=O)Nc1cc(Cl)cc(Cl)c1. The van der Waals surface area contributed by atoms with Gasteiger partial charge >= 0.3 is 0 Å². The van der Waals surface area contributed by atoms with E-state index in [1.54, 1.807) is 18.2 Å². The molecule has 2 atom stereocenters. The largest absolute Gasteiger partial charge is 0.331 e. The topological polar surface area (TPSA) is 50.2 Å². The lowest BCUT2D eigenvalue weighted by Gasteiger charge is -2.22. The summed E-state index contributed by atoms with van der Waals surface area (Å²) in [5.41, 5.74) is 1.88. The lowest BCUT2D eigenvalue weighted by molar-refractivity contribution is -0.910. The van der Waals surface area contributed by atoms with Crippen LogP contribution in [0.25, 0.3) is 0 Å². The van der Waals surface area contributed by atoms with E-state index in [1.807, 2.05) is 25.1 Å². The molecule has 0 bridgehead atoms. The highest BCUT2D eigenvalue weighted by Crippen LogP contribution is 2.22. The Balaban J connectivity index is 1.95. The molecule has 0 aromatic heterocycles. The van der Waals surface area contributed by atoms with Crippen molar-refractivity contribution < 1.29 is 15.0 Å². The molecule has 0 aliphatic heterocycles. The van der Waals surface area contributed by atoms with Crippen LogP contribution in [0.3, 0.4) is 0 Å². The number of carbonyl (C=O) groups is 1. The Kier molecular flexibility index (Phi) is 7.26. The molecule has 25 heavy (non-hydrogen) atoms. The molecule has 0 aliphatic rings. The minimum Gasteiger partial charge on any atom is -0.331 e. The lowest BCUT2D eigenvalue weighted by atomic mass is 10.1. The third-order valence-electron chi connectivity index (χ3n) is 4.17. The number of hydrogen-bond acceptors (Lipinski definition) is 1. The van der Waals surface area contributed by atoms with Crippen molar-refractivity contribution in [2.45, 2.75) is 19.0 Å². The number of quaternary nitrogens is 2. The number of carbonyl (C=O) groups excluding carboxylic acids is 1. The minimum atomic E-state index is -0.219. The van der Waals surface area contributed by atoms with Gasteiger partial charge in [-0.05, 0) is 25.1 Å². The van der Waals surface area contributed by atoms with E-state index in [4.69, 9.17) is 23.2 Å². The first kappa shape index (κ1) is 19.7. The number of rotatable bonds is 7. The van der Waals surface area contributed by atoms with Crippen LogP contribution < -0.4 is 15.5 Å². The zero-order chi connectivity index (χ0) is 18.4. The van der Waals surface area contributed by atoms with E-state index in [0.717, 1.165) is 6.54 Å². The molecule has 0 spiro atoms. The summed E-state index contributed by atoms with van der Waals surface area (Å²) in [5, 5.41) is 5.93. The van der Waals surface area contributed by atoms with Gasteiger partial charge in [0.05, 0.1) is 14.1 Å². The average molecular weight is 382 g/mol. The number of amides is 1. The van der Waals surface area contributed by atoms with E-state index in [9.17, 15) is 4.79 Å². The minimum absolute atomic E-state index is 0.0705. The number of nitrogens with one attached hydrogen (secondary N) is 2. The van der Waals surface area contributed by atoms with Crippen molar-refractivity contribution in [1.29, 1.82) is 0 Å². The molecule has 0 saturated carbocycles. The van der Waals surface area contributed by atoms with Crippen LogP contribution in [0.1, 0.15) is 18.5 Å². The normalized spacial score (nSPS) is 13.5. The first-order chi connectivity index (χ1) is 11.9. The number of nitrogens with two attached hydrogens (primary N) is 1. The Labute approximate surface area is 159 Å². The number of anilines is 1. The highest BCUT2D eigenvalue weighted by molar-refractivity contribution is 6.35.